The van der Waals surface area contributed by atoms with Gasteiger partial charge in [-0.05, 0) is 45.5 Å². The molecule has 1 saturated heterocycles. The largest absolute Gasteiger partial charge is 0.380 e. The Kier molecular flexibility index (Phi) is 5.01. The van der Waals surface area contributed by atoms with Crippen LogP contribution < -0.4 is 10.2 Å². The number of nitro benzene ring substituents is 1. The summed E-state index contributed by atoms with van der Waals surface area (Å²) < 4.78 is 0. The highest BCUT2D eigenvalue weighted by Gasteiger charge is 2.26. The number of benzene rings is 1. The molecule has 6 nitrogen and oxygen atoms in total. The van der Waals surface area contributed by atoms with Crippen LogP contribution in [-0.2, 0) is 0 Å². The molecule has 1 atom stereocenters. The summed E-state index contributed by atoms with van der Waals surface area (Å²) in [7, 11) is 4.05. The normalized spacial score (nSPS) is 18.7. The summed E-state index contributed by atoms with van der Waals surface area (Å²) in [5.74, 6) is 0. The number of anilines is 2. The van der Waals surface area contributed by atoms with Gasteiger partial charge < -0.3 is 15.1 Å². The molecule has 1 fully saturated rings. The molecule has 1 aliphatic rings. The van der Waals surface area contributed by atoms with Crippen LogP contribution in [0, 0.1) is 10.1 Å². The van der Waals surface area contributed by atoms with Crippen molar-refractivity contribution >= 4 is 17.1 Å². The van der Waals surface area contributed by atoms with Gasteiger partial charge in [0.15, 0.2) is 0 Å². The Balaban J connectivity index is 2.25. The molecular formula is C15H24N4O2. The lowest BCUT2D eigenvalue weighted by atomic mass is 10.1. The third-order valence-electron chi connectivity index (χ3n) is 4.13. The number of para-hydroxylation sites is 1. The maximum absolute atomic E-state index is 11.5. The number of likely N-dealkylation sites (N-methyl/N-ethyl adjacent to an activating group) is 2. The molecule has 21 heavy (non-hydrogen) atoms. The van der Waals surface area contributed by atoms with Gasteiger partial charge in [0.2, 0.25) is 0 Å². The molecule has 1 N–H and O–H groups in total. The van der Waals surface area contributed by atoms with Crippen molar-refractivity contribution < 1.29 is 4.92 Å². The minimum atomic E-state index is -0.289. The maximum atomic E-state index is 11.5. The molecule has 0 spiro atoms. The number of hydrogen-bond donors (Lipinski definition) is 1. The number of hydrogen-bond acceptors (Lipinski definition) is 5. The standard InChI is InChI=1S/C15H24N4O2/c1-4-16-13-8-5-9-14(15(13)19(20)21)18(3)11-12-7-6-10-17(12)2/h5,8-9,12,16H,4,6-7,10-11H2,1-3H3. The fourth-order valence-electron chi connectivity index (χ4n) is 2.99. The van der Waals surface area contributed by atoms with Crippen LogP contribution in [0.5, 0.6) is 0 Å². The average molecular weight is 292 g/mol. The smallest absolute Gasteiger partial charge is 0.315 e. The van der Waals surface area contributed by atoms with Crippen LogP contribution in [0.4, 0.5) is 17.1 Å². The van der Waals surface area contributed by atoms with Gasteiger partial charge in [-0.3, -0.25) is 10.1 Å². The summed E-state index contributed by atoms with van der Waals surface area (Å²) >= 11 is 0. The molecule has 0 amide bonds. The van der Waals surface area contributed by atoms with Crippen molar-refractivity contribution in [3.63, 3.8) is 0 Å². The van der Waals surface area contributed by atoms with Gasteiger partial charge in [-0.2, -0.15) is 0 Å². The zero-order valence-electron chi connectivity index (χ0n) is 13.0. The second-order valence-corrected chi connectivity index (χ2v) is 5.62. The lowest BCUT2D eigenvalue weighted by molar-refractivity contribution is -0.383. The summed E-state index contributed by atoms with van der Waals surface area (Å²) in [6, 6.07) is 5.93. The van der Waals surface area contributed by atoms with Crippen molar-refractivity contribution in [3.8, 4) is 0 Å². The quantitative estimate of drug-likeness (QED) is 0.645. The molecule has 1 aromatic rings. The van der Waals surface area contributed by atoms with E-state index < -0.39 is 0 Å². The predicted molar refractivity (Wildman–Crippen MR) is 86.2 cm³/mol. The van der Waals surface area contributed by atoms with E-state index in [0.29, 0.717) is 24.0 Å². The minimum Gasteiger partial charge on any atom is -0.380 e. The van der Waals surface area contributed by atoms with Gasteiger partial charge in [0.25, 0.3) is 0 Å². The molecule has 0 bridgehead atoms. The van der Waals surface area contributed by atoms with Crippen molar-refractivity contribution in [3.05, 3.63) is 28.3 Å². The minimum absolute atomic E-state index is 0.169. The number of rotatable bonds is 6. The predicted octanol–water partition coefficient (Wildman–Crippen LogP) is 2.56. The summed E-state index contributed by atoms with van der Waals surface area (Å²) in [5, 5.41) is 14.5. The van der Waals surface area contributed by atoms with Crippen LogP contribution >= 0.6 is 0 Å². The summed E-state index contributed by atoms with van der Waals surface area (Å²) in [4.78, 5) is 15.5. The monoisotopic (exact) mass is 292 g/mol. The van der Waals surface area contributed by atoms with Crippen LogP contribution in [0.15, 0.2) is 18.2 Å². The second-order valence-electron chi connectivity index (χ2n) is 5.62. The van der Waals surface area contributed by atoms with Gasteiger partial charge in [0.05, 0.1) is 4.92 Å². The van der Waals surface area contributed by atoms with E-state index >= 15 is 0 Å². The van der Waals surface area contributed by atoms with Crippen LogP contribution in [-0.4, -0.2) is 49.6 Å². The highest BCUT2D eigenvalue weighted by molar-refractivity contribution is 5.76. The van der Waals surface area contributed by atoms with Crippen molar-refractivity contribution in [2.24, 2.45) is 0 Å². The summed E-state index contributed by atoms with van der Waals surface area (Å²) in [6.07, 6.45) is 2.36. The van der Waals surface area contributed by atoms with Gasteiger partial charge in [0, 0.05) is 26.2 Å². The molecule has 6 heteroatoms. The van der Waals surface area contributed by atoms with E-state index in [1.165, 1.54) is 6.42 Å². The lowest BCUT2D eigenvalue weighted by Crippen LogP contribution is -2.36. The second kappa shape index (κ2) is 6.76. The van der Waals surface area contributed by atoms with E-state index in [2.05, 4.69) is 17.3 Å². The molecule has 0 saturated carbocycles. The first-order valence-corrected chi connectivity index (χ1v) is 7.47. The molecule has 1 unspecified atom stereocenters. The van der Waals surface area contributed by atoms with E-state index in [-0.39, 0.29) is 10.6 Å². The Morgan fingerprint density at radius 3 is 2.86 bits per heavy atom. The van der Waals surface area contributed by atoms with E-state index in [0.717, 1.165) is 19.5 Å². The Bertz CT molecular complexity index is 506. The van der Waals surface area contributed by atoms with Gasteiger partial charge in [0.1, 0.15) is 11.4 Å². The van der Waals surface area contributed by atoms with Gasteiger partial charge >= 0.3 is 5.69 Å². The number of nitrogens with one attached hydrogen (secondary N) is 1. The van der Waals surface area contributed by atoms with Crippen molar-refractivity contribution in [2.45, 2.75) is 25.8 Å². The topological polar surface area (TPSA) is 61.6 Å². The molecule has 1 heterocycles. The van der Waals surface area contributed by atoms with Gasteiger partial charge in [-0.25, -0.2) is 0 Å². The first-order chi connectivity index (χ1) is 10.0. The van der Waals surface area contributed by atoms with Crippen molar-refractivity contribution in [1.29, 1.82) is 0 Å². The first-order valence-electron chi connectivity index (χ1n) is 7.47. The molecule has 1 aliphatic heterocycles. The number of nitro groups is 1. The Hall–Kier alpha value is -1.82. The Morgan fingerprint density at radius 2 is 2.29 bits per heavy atom. The molecule has 1 aromatic carbocycles. The van der Waals surface area contributed by atoms with Crippen molar-refractivity contribution in [1.82, 2.24) is 4.90 Å². The van der Waals surface area contributed by atoms with E-state index in [9.17, 15) is 10.1 Å². The SMILES string of the molecule is CCNc1cccc(N(C)CC2CCCN2C)c1[N+](=O)[O-]. The molecule has 2 rings (SSSR count). The Morgan fingerprint density at radius 1 is 1.52 bits per heavy atom. The average Bonchev–Trinajstić information content (AvgIpc) is 2.84. The van der Waals surface area contributed by atoms with Crippen LogP contribution in [0.3, 0.4) is 0 Å². The van der Waals surface area contributed by atoms with Gasteiger partial charge in [-0.1, -0.05) is 6.07 Å². The third kappa shape index (κ3) is 3.44. The Labute approximate surface area is 125 Å². The summed E-state index contributed by atoms with van der Waals surface area (Å²) in [6.45, 7) is 4.53. The third-order valence-corrected chi connectivity index (χ3v) is 4.13. The fourth-order valence-corrected chi connectivity index (χ4v) is 2.99. The molecule has 0 aromatic heterocycles. The van der Waals surface area contributed by atoms with Crippen LogP contribution in [0.2, 0.25) is 0 Å². The van der Waals surface area contributed by atoms with Crippen LogP contribution in [0.25, 0.3) is 0 Å². The fraction of sp³-hybridized carbons (Fsp3) is 0.600. The highest BCUT2D eigenvalue weighted by Crippen LogP contribution is 2.35. The van der Waals surface area contributed by atoms with Gasteiger partial charge in [-0.15, -0.1) is 0 Å². The zero-order chi connectivity index (χ0) is 15.4. The van der Waals surface area contributed by atoms with E-state index in [1.54, 1.807) is 6.07 Å². The van der Waals surface area contributed by atoms with Crippen molar-refractivity contribution in [2.75, 3.05) is 43.9 Å². The maximum Gasteiger partial charge on any atom is 0.315 e. The summed E-state index contributed by atoms with van der Waals surface area (Å²) in [5.41, 5.74) is 1.44. The number of nitrogens with zero attached hydrogens (tertiary/aromatic N) is 3. The molecule has 0 radical (unpaired) electrons. The lowest BCUT2D eigenvalue weighted by Gasteiger charge is -2.27. The zero-order valence-corrected chi connectivity index (χ0v) is 13.0. The number of likely N-dealkylation sites (tertiary alicyclic amines) is 1. The van der Waals surface area contributed by atoms with E-state index in [1.807, 2.05) is 31.0 Å². The molecular weight excluding hydrogens is 268 g/mol. The van der Waals surface area contributed by atoms with E-state index in [4.69, 9.17) is 0 Å². The highest BCUT2D eigenvalue weighted by atomic mass is 16.6. The molecule has 0 aliphatic carbocycles. The first kappa shape index (κ1) is 15.6. The van der Waals surface area contributed by atoms with Crippen LogP contribution in [0.1, 0.15) is 19.8 Å². The molecule has 116 valence electrons.